The summed E-state index contributed by atoms with van der Waals surface area (Å²) in [4.78, 5) is 26.6. The van der Waals surface area contributed by atoms with E-state index in [0.29, 0.717) is 32.1 Å². The Bertz CT molecular complexity index is 335. The predicted octanol–water partition coefficient (Wildman–Crippen LogP) is 0.197. The van der Waals surface area contributed by atoms with Crippen molar-refractivity contribution in [2.75, 3.05) is 33.2 Å². The summed E-state index contributed by atoms with van der Waals surface area (Å²) in [7, 11) is 2.07. The number of carbonyl (C=O) groups is 2. The molecule has 2 rings (SSSR count). The van der Waals surface area contributed by atoms with E-state index in [4.69, 9.17) is 5.11 Å². The number of likely N-dealkylation sites (N-methyl/N-ethyl adjacent to an activating group) is 1. The maximum Gasteiger partial charge on any atom is 0.317 e. The first kappa shape index (κ1) is 13.1. The monoisotopic (exact) mass is 255 g/mol. The summed E-state index contributed by atoms with van der Waals surface area (Å²) in [5.41, 5.74) is 0. The van der Waals surface area contributed by atoms with E-state index in [0.717, 1.165) is 13.0 Å². The zero-order valence-electron chi connectivity index (χ0n) is 10.8. The van der Waals surface area contributed by atoms with Gasteiger partial charge in [0.15, 0.2) is 0 Å². The Morgan fingerprint density at radius 2 is 2.11 bits per heavy atom. The topological polar surface area (TPSA) is 72.9 Å². The van der Waals surface area contributed by atoms with Gasteiger partial charge in [-0.05, 0) is 32.9 Å². The number of carboxylic acid groups (broad SMARTS) is 1. The van der Waals surface area contributed by atoms with E-state index in [-0.39, 0.29) is 6.03 Å². The van der Waals surface area contributed by atoms with Crippen molar-refractivity contribution in [3.8, 4) is 0 Å². The first-order valence-electron chi connectivity index (χ1n) is 6.53. The minimum absolute atomic E-state index is 0.126. The third kappa shape index (κ3) is 2.93. The number of urea groups is 1. The average Bonchev–Trinajstić information content (AvgIpc) is 2.94. The van der Waals surface area contributed by atoms with E-state index in [9.17, 15) is 9.59 Å². The number of amides is 2. The van der Waals surface area contributed by atoms with Crippen LogP contribution in [0.3, 0.4) is 0 Å². The molecule has 18 heavy (non-hydrogen) atoms. The lowest BCUT2D eigenvalue weighted by atomic mass is 10.1. The van der Waals surface area contributed by atoms with Gasteiger partial charge in [-0.3, -0.25) is 4.79 Å². The van der Waals surface area contributed by atoms with Crippen LogP contribution in [0.4, 0.5) is 4.79 Å². The Balaban J connectivity index is 1.74. The lowest BCUT2D eigenvalue weighted by Crippen LogP contribution is -2.44. The molecule has 6 heteroatoms. The van der Waals surface area contributed by atoms with E-state index in [2.05, 4.69) is 17.3 Å². The molecule has 2 amide bonds. The molecule has 2 aliphatic heterocycles. The molecule has 2 fully saturated rings. The second kappa shape index (κ2) is 5.56. The lowest BCUT2D eigenvalue weighted by Gasteiger charge is -2.22. The molecule has 0 bridgehead atoms. The van der Waals surface area contributed by atoms with Crippen LogP contribution in [0.15, 0.2) is 0 Å². The number of hydrogen-bond donors (Lipinski definition) is 2. The molecule has 0 aromatic rings. The van der Waals surface area contributed by atoms with Gasteiger partial charge >= 0.3 is 12.0 Å². The standard InChI is InChI=1S/C12H21N3O3/c1-14-5-2-3-10(14)7-13-12(18)15-6-4-9(8-15)11(16)17/h9-10H,2-8H2,1H3,(H,13,18)(H,16,17). The Morgan fingerprint density at radius 1 is 1.33 bits per heavy atom. The second-order valence-corrected chi connectivity index (χ2v) is 5.23. The van der Waals surface area contributed by atoms with Crippen LogP contribution in [-0.2, 0) is 4.79 Å². The summed E-state index contributed by atoms with van der Waals surface area (Å²) in [5, 5.41) is 11.8. The van der Waals surface area contributed by atoms with Gasteiger partial charge in [-0.1, -0.05) is 0 Å². The Labute approximate surface area is 107 Å². The molecular weight excluding hydrogens is 234 g/mol. The SMILES string of the molecule is CN1CCCC1CNC(=O)N1CCC(C(=O)O)C1. The number of nitrogens with one attached hydrogen (secondary N) is 1. The molecule has 0 aromatic carbocycles. The number of hydrogen-bond acceptors (Lipinski definition) is 3. The van der Waals surface area contributed by atoms with E-state index in [1.54, 1.807) is 4.90 Å². The molecule has 2 aliphatic rings. The van der Waals surface area contributed by atoms with Crippen molar-refractivity contribution in [3.63, 3.8) is 0 Å². The Kier molecular flexibility index (Phi) is 4.06. The third-order valence-corrected chi connectivity index (χ3v) is 3.99. The van der Waals surface area contributed by atoms with Gasteiger partial charge in [0.1, 0.15) is 0 Å². The molecule has 6 nitrogen and oxygen atoms in total. The fraction of sp³-hybridized carbons (Fsp3) is 0.833. The van der Waals surface area contributed by atoms with Crippen molar-refractivity contribution in [2.24, 2.45) is 5.92 Å². The highest BCUT2D eigenvalue weighted by Gasteiger charge is 2.31. The van der Waals surface area contributed by atoms with Crippen LogP contribution >= 0.6 is 0 Å². The van der Waals surface area contributed by atoms with Gasteiger partial charge in [-0.25, -0.2) is 4.79 Å². The normalized spacial score (nSPS) is 28.6. The first-order valence-corrected chi connectivity index (χ1v) is 6.53. The van der Waals surface area contributed by atoms with Gasteiger partial charge in [0.05, 0.1) is 5.92 Å². The van der Waals surface area contributed by atoms with Crippen LogP contribution in [-0.4, -0.2) is 66.2 Å². The van der Waals surface area contributed by atoms with Crippen molar-refractivity contribution in [2.45, 2.75) is 25.3 Å². The molecule has 0 radical (unpaired) electrons. The van der Waals surface area contributed by atoms with Gasteiger partial charge < -0.3 is 20.2 Å². The Hall–Kier alpha value is -1.30. The van der Waals surface area contributed by atoms with Gasteiger partial charge in [0.25, 0.3) is 0 Å². The fourth-order valence-corrected chi connectivity index (χ4v) is 2.70. The van der Waals surface area contributed by atoms with Gasteiger partial charge in [-0.15, -0.1) is 0 Å². The first-order chi connectivity index (χ1) is 8.58. The Morgan fingerprint density at radius 3 is 2.67 bits per heavy atom. The van der Waals surface area contributed by atoms with Crippen LogP contribution in [0.25, 0.3) is 0 Å². The highest BCUT2D eigenvalue weighted by Crippen LogP contribution is 2.17. The van der Waals surface area contributed by atoms with E-state index in [1.807, 2.05) is 0 Å². The largest absolute Gasteiger partial charge is 0.481 e. The molecule has 0 aromatic heterocycles. The third-order valence-electron chi connectivity index (χ3n) is 3.99. The minimum Gasteiger partial charge on any atom is -0.481 e. The minimum atomic E-state index is -0.805. The number of carboxylic acids is 1. The number of carbonyl (C=O) groups excluding carboxylic acids is 1. The molecule has 0 saturated carbocycles. The predicted molar refractivity (Wildman–Crippen MR) is 66.4 cm³/mol. The van der Waals surface area contributed by atoms with Crippen molar-refractivity contribution in [1.29, 1.82) is 0 Å². The lowest BCUT2D eigenvalue weighted by molar-refractivity contribution is -0.141. The van der Waals surface area contributed by atoms with Crippen LogP contribution in [0.2, 0.25) is 0 Å². The zero-order valence-corrected chi connectivity index (χ0v) is 10.8. The molecule has 2 N–H and O–H groups in total. The molecule has 0 aliphatic carbocycles. The molecule has 2 saturated heterocycles. The molecule has 2 unspecified atom stereocenters. The van der Waals surface area contributed by atoms with Crippen LogP contribution in [0, 0.1) is 5.92 Å². The second-order valence-electron chi connectivity index (χ2n) is 5.23. The molecular formula is C12H21N3O3. The summed E-state index contributed by atoms with van der Waals surface area (Å²) >= 11 is 0. The summed E-state index contributed by atoms with van der Waals surface area (Å²) in [6, 6.07) is 0.297. The molecule has 102 valence electrons. The summed E-state index contributed by atoms with van der Waals surface area (Å²) in [5.74, 6) is -1.20. The quantitative estimate of drug-likeness (QED) is 0.755. The van der Waals surface area contributed by atoms with E-state index in [1.165, 1.54) is 6.42 Å². The highest BCUT2D eigenvalue weighted by molar-refractivity contribution is 5.77. The maximum absolute atomic E-state index is 11.9. The fourth-order valence-electron chi connectivity index (χ4n) is 2.70. The summed E-state index contributed by atoms with van der Waals surface area (Å²) in [6.07, 6.45) is 2.86. The average molecular weight is 255 g/mol. The zero-order chi connectivity index (χ0) is 13.1. The molecule has 2 atom stereocenters. The number of rotatable bonds is 3. The van der Waals surface area contributed by atoms with Crippen LogP contribution in [0.5, 0.6) is 0 Å². The van der Waals surface area contributed by atoms with E-state index >= 15 is 0 Å². The van der Waals surface area contributed by atoms with Gasteiger partial charge in [0.2, 0.25) is 0 Å². The maximum atomic E-state index is 11.9. The van der Waals surface area contributed by atoms with Crippen LogP contribution in [0.1, 0.15) is 19.3 Å². The summed E-state index contributed by atoms with van der Waals surface area (Å²) < 4.78 is 0. The number of aliphatic carboxylic acids is 1. The van der Waals surface area contributed by atoms with E-state index < -0.39 is 11.9 Å². The van der Waals surface area contributed by atoms with Gasteiger partial charge in [0, 0.05) is 25.7 Å². The number of nitrogens with zero attached hydrogens (tertiary/aromatic N) is 2. The smallest absolute Gasteiger partial charge is 0.317 e. The number of likely N-dealkylation sites (tertiary alicyclic amines) is 2. The van der Waals surface area contributed by atoms with Crippen molar-refractivity contribution >= 4 is 12.0 Å². The van der Waals surface area contributed by atoms with Gasteiger partial charge in [-0.2, -0.15) is 0 Å². The van der Waals surface area contributed by atoms with Crippen molar-refractivity contribution in [3.05, 3.63) is 0 Å². The van der Waals surface area contributed by atoms with Crippen molar-refractivity contribution < 1.29 is 14.7 Å². The molecule has 0 spiro atoms. The van der Waals surface area contributed by atoms with Crippen LogP contribution < -0.4 is 5.32 Å². The highest BCUT2D eigenvalue weighted by atomic mass is 16.4. The van der Waals surface area contributed by atoms with Crippen molar-refractivity contribution in [1.82, 2.24) is 15.1 Å². The summed E-state index contributed by atoms with van der Waals surface area (Å²) in [6.45, 7) is 2.62. The molecule has 2 heterocycles.